The van der Waals surface area contributed by atoms with Crippen molar-refractivity contribution in [1.82, 2.24) is 14.9 Å². The molecule has 0 spiro atoms. The summed E-state index contributed by atoms with van der Waals surface area (Å²) in [6, 6.07) is 5.23. The van der Waals surface area contributed by atoms with Crippen LogP contribution in [0, 0.1) is 5.92 Å². The largest absolute Gasteiger partial charge is 0.336 e. The average Bonchev–Trinajstić information content (AvgIpc) is 2.85. The highest BCUT2D eigenvalue weighted by Gasteiger charge is 2.38. The first-order chi connectivity index (χ1) is 9.29. The van der Waals surface area contributed by atoms with Gasteiger partial charge >= 0.3 is 0 Å². The third kappa shape index (κ3) is 2.74. The van der Waals surface area contributed by atoms with Gasteiger partial charge in [-0.15, -0.1) is 11.3 Å². The van der Waals surface area contributed by atoms with Crippen molar-refractivity contribution in [2.45, 2.75) is 38.3 Å². The van der Waals surface area contributed by atoms with Crippen LogP contribution < -0.4 is 5.32 Å². The van der Waals surface area contributed by atoms with Crippen molar-refractivity contribution in [3.63, 3.8) is 0 Å². The monoisotopic (exact) mass is 275 g/mol. The van der Waals surface area contributed by atoms with Crippen molar-refractivity contribution in [1.29, 1.82) is 0 Å². The van der Waals surface area contributed by atoms with E-state index in [1.807, 2.05) is 12.4 Å². The highest BCUT2D eigenvalue weighted by molar-refractivity contribution is 7.10. The number of thiophene rings is 1. The maximum absolute atomic E-state index is 4.53. The Bertz CT molecular complexity index is 517. The molecule has 19 heavy (non-hydrogen) atoms. The van der Waals surface area contributed by atoms with E-state index in [1.54, 1.807) is 11.3 Å². The van der Waals surface area contributed by atoms with Crippen molar-refractivity contribution in [2.24, 2.45) is 13.0 Å². The van der Waals surface area contributed by atoms with Crippen LogP contribution in [0.1, 0.15) is 42.9 Å². The van der Waals surface area contributed by atoms with Crippen LogP contribution in [-0.2, 0) is 7.05 Å². The van der Waals surface area contributed by atoms with Gasteiger partial charge in [0, 0.05) is 30.4 Å². The summed E-state index contributed by atoms with van der Waals surface area (Å²) < 4.78 is 2.12. The van der Waals surface area contributed by atoms with Crippen molar-refractivity contribution in [3.05, 3.63) is 40.6 Å². The molecule has 0 radical (unpaired) electrons. The summed E-state index contributed by atoms with van der Waals surface area (Å²) in [5.74, 6) is 1.98. The first-order valence-corrected chi connectivity index (χ1v) is 7.94. The molecule has 3 unspecified atom stereocenters. The van der Waals surface area contributed by atoms with Gasteiger partial charge < -0.3 is 4.57 Å². The number of rotatable bonds is 6. The number of aryl methyl sites for hydroxylation is 1. The Kier molecular flexibility index (Phi) is 3.71. The van der Waals surface area contributed by atoms with Gasteiger partial charge in [0.1, 0.15) is 11.9 Å². The molecule has 3 atom stereocenters. The molecule has 2 aromatic rings. The zero-order chi connectivity index (χ0) is 13.2. The molecule has 2 aromatic heterocycles. The molecule has 0 saturated heterocycles. The van der Waals surface area contributed by atoms with E-state index in [0.29, 0.717) is 6.04 Å². The molecular formula is C15H21N3S. The molecule has 1 fully saturated rings. The number of aromatic nitrogens is 2. The highest BCUT2D eigenvalue weighted by atomic mass is 32.1. The van der Waals surface area contributed by atoms with Crippen molar-refractivity contribution in [2.75, 3.05) is 0 Å². The van der Waals surface area contributed by atoms with E-state index >= 15 is 0 Å². The minimum absolute atomic E-state index is 0.242. The molecule has 0 aromatic carbocycles. The molecule has 102 valence electrons. The van der Waals surface area contributed by atoms with E-state index < -0.39 is 0 Å². The van der Waals surface area contributed by atoms with Crippen LogP contribution >= 0.6 is 11.3 Å². The SMILES string of the molecule is CCCC1CC1NC(c1cccs1)c1nccn1C. The van der Waals surface area contributed by atoms with Gasteiger partial charge in [0.2, 0.25) is 0 Å². The zero-order valence-electron chi connectivity index (χ0n) is 11.5. The molecule has 0 bridgehead atoms. The Morgan fingerprint density at radius 3 is 3.11 bits per heavy atom. The van der Waals surface area contributed by atoms with E-state index in [0.717, 1.165) is 11.7 Å². The standard InChI is InChI=1S/C15H21N3S/c1-3-5-11-10-12(11)17-14(13-6-4-9-19-13)15-16-7-8-18(15)2/h4,6-9,11-12,14,17H,3,5,10H2,1-2H3. The topological polar surface area (TPSA) is 29.9 Å². The summed E-state index contributed by atoms with van der Waals surface area (Å²) in [4.78, 5) is 5.89. The van der Waals surface area contributed by atoms with Crippen molar-refractivity contribution in [3.8, 4) is 0 Å². The van der Waals surface area contributed by atoms with E-state index in [9.17, 15) is 0 Å². The molecule has 0 aliphatic heterocycles. The van der Waals surface area contributed by atoms with E-state index in [4.69, 9.17) is 0 Å². The second-order valence-corrected chi connectivity index (χ2v) is 6.38. The molecular weight excluding hydrogens is 254 g/mol. The minimum atomic E-state index is 0.242. The number of imidazole rings is 1. The Morgan fingerprint density at radius 2 is 2.47 bits per heavy atom. The smallest absolute Gasteiger partial charge is 0.131 e. The normalized spacial score (nSPS) is 23.5. The van der Waals surface area contributed by atoms with Gasteiger partial charge in [-0.2, -0.15) is 0 Å². The van der Waals surface area contributed by atoms with Crippen molar-refractivity contribution >= 4 is 11.3 Å². The summed E-state index contributed by atoms with van der Waals surface area (Å²) in [5.41, 5.74) is 0. The Hall–Kier alpha value is -1.13. The van der Waals surface area contributed by atoms with Crippen LogP contribution in [0.3, 0.4) is 0 Å². The number of nitrogens with zero attached hydrogens (tertiary/aromatic N) is 2. The number of nitrogens with one attached hydrogen (secondary N) is 1. The molecule has 1 aliphatic carbocycles. The van der Waals surface area contributed by atoms with Gasteiger partial charge in [-0.1, -0.05) is 19.4 Å². The fourth-order valence-electron chi connectivity index (χ4n) is 2.75. The summed E-state index contributed by atoms with van der Waals surface area (Å²) in [6.45, 7) is 2.27. The van der Waals surface area contributed by atoms with Crippen molar-refractivity contribution < 1.29 is 0 Å². The maximum Gasteiger partial charge on any atom is 0.131 e. The Morgan fingerprint density at radius 1 is 1.58 bits per heavy atom. The molecule has 2 heterocycles. The zero-order valence-corrected chi connectivity index (χ0v) is 12.4. The summed E-state index contributed by atoms with van der Waals surface area (Å²) in [6.07, 6.45) is 7.85. The number of hydrogen-bond donors (Lipinski definition) is 1. The summed E-state index contributed by atoms with van der Waals surface area (Å²) >= 11 is 1.81. The lowest BCUT2D eigenvalue weighted by Gasteiger charge is -2.17. The van der Waals surface area contributed by atoms with Crippen LogP contribution in [0.15, 0.2) is 29.9 Å². The first kappa shape index (κ1) is 12.9. The molecule has 3 nitrogen and oxygen atoms in total. The number of hydrogen-bond acceptors (Lipinski definition) is 3. The second-order valence-electron chi connectivity index (χ2n) is 5.40. The minimum Gasteiger partial charge on any atom is -0.336 e. The molecule has 1 aliphatic rings. The van der Waals surface area contributed by atoms with E-state index in [2.05, 4.69) is 46.4 Å². The molecule has 1 saturated carbocycles. The summed E-state index contributed by atoms with van der Waals surface area (Å²) in [7, 11) is 2.07. The average molecular weight is 275 g/mol. The van der Waals surface area contributed by atoms with Crippen LogP contribution in [0.2, 0.25) is 0 Å². The fourth-order valence-corrected chi connectivity index (χ4v) is 3.53. The third-order valence-corrected chi connectivity index (χ3v) is 4.84. The van der Waals surface area contributed by atoms with Gasteiger partial charge in [0.25, 0.3) is 0 Å². The Labute approximate surface area is 118 Å². The van der Waals surface area contributed by atoms with Gasteiger partial charge in [0.05, 0.1) is 0 Å². The van der Waals surface area contributed by atoms with Crippen LogP contribution in [0.5, 0.6) is 0 Å². The maximum atomic E-state index is 4.53. The van der Waals surface area contributed by atoms with Crippen LogP contribution in [-0.4, -0.2) is 15.6 Å². The summed E-state index contributed by atoms with van der Waals surface area (Å²) in [5, 5.41) is 5.94. The lowest BCUT2D eigenvalue weighted by atomic mass is 10.2. The first-order valence-electron chi connectivity index (χ1n) is 7.06. The van der Waals surface area contributed by atoms with Gasteiger partial charge in [-0.3, -0.25) is 5.32 Å². The molecule has 4 heteroatoms. The molecule has 1 N–H and O–H groups in total. The second kappa shape index (κ2) is 5.47. The third-order valence-electron chi connectivity index (χ3n) is 3.91. The quantitative estimate of drug-likeness (QED) is 0.876. The fraction of sp³-hybridized carbons (Fsp3) is 0.533. The predicted octanol–water partition coefficient (Wildman–Crippen LogP) is 3.35. The van der Waals surface area contributed by atoms with E-state index in [-0.39, 0.29) is 6.04 Å². The van der Waals surface area contributed by atoms with Gasteiger partial charge in [-0.05, 0) is 30.2 Å². The lowest BCUT2D eigenvalue weighted by Crippen LogP contribution is -2.27. The van der Waals surface area contributed by atoms with Gasteiger partial charge in [-0.25, -0.2) is 4.98 Å². The van der Waals surface area contributed by atoms with E-state index in [1.165, 1.54) is 24.1 Å². The molecule has 0 amide bonds. The van der Waals surface area contributed by atoms with Gasteiger partial charge in [0.15, 0.2) is 0 Å². The van der Waals surface area contributed by atoms with Crippen LogP contribution in [0.25, 0.3) is 0 Å². The highest BCUT2D eigenvalue weighted by Crippen LogP contribution is 2.38. The van der Waals surface area contributed by atoms with Crippen LogP contribution in [0.4, 0.5) is 0 Å². The molecule has 3 rings (SSSR count). The lowest BCUT2D eigenvalue weighted by molar-refractivity contribution is 0.527. The Balaban J connectivity index is 1.77. The predicted molar refractivity (Wildman–Crippen MR) is 79.3 cm³/mol.